The first kappa shape index (κ1) is 10.7. The molecule has 2 heteroatoms. The topological polar surface area (TPSA) is 37.3 Å². The van der Waals surface area contributed by atoms with Gasteiger partial charge in [-0.15, -0.1) is 0 Å². The molecule has 0 bridgehead atoms. The highest BCUT2D eigenvalue weighted by molar-refractivity contribution is 5.76. The second-order valence-corrected chi connectivity index (χ2v) is 5.59. The zero-order chi connectivity index (χ0) is 11.1. The van der Waals surface area contributed by atoms with Crippen LogP contribution in [0.5, 0.6) is 0 Å². The summed E-state index contributed by atoms with van der Waals surface area (Å²) in [6, 6.07) is 0. The quantitative estimate of drug-likeness (QED) is 0.724. The van der Waals surface area contributed by atoms with Gasteiger partial charge in [-0.05, 0) is 30.1 Å². The summed E-state index contributed by atoms with van der Waals surface area (Å²) >= 11 is 0. The van der Waals surface area contributed by atoms with Crippen LogP contribution in [0.3, 0.4) is 0 Å². The third kappa shape index (κ3) is 1.95. The van der Waals surface area contributed by atoms with Crippen molar-refractivity contribution >= 4 is 5.97 Å². The summed E-state index contributed by atoms with van der Waals surface area (Å²) in [7, 11) is 0. The highest BCUT2D eigenvalue weighted by Gasteiger charge is 2.60. The van der Waals surface area contributed by atoms with Crippen molar-refractivity contribution in [3.05, 3.63) is 12.2 Å². The number of carbonyl (C=O) groups is 1. The molecule has 0 amide bonds. The van der Waals surface area contributed by atoms with E-state index >= 15 is 0 Å². The number of allylic oxidation sites excluding steroid dienone is 2. The van der Waals surface area contributed by atoms with Gasteiger partial charge in [0.1, 0.15) is 0 Å². The second kappa shape index (κ2) is 3.66. The lowest BCUT2D eigenvalue weighted by molar-refractivity contribution is -0.139. The molecule has 0 aromatic carbocycles. The van der Waals surface area contributed by atoms with Crippen LogP contribution in [0.4, 0.5) is 0 Å². The first-order chi connectivity index (χ1) is 7.03. The van der Waals surface area contributed by atoms with Gasteiger partial charge in [0.05, 0.1) is 5.92 Å². The maximum Gasteiger partial charge on any atom is 0.307 e. The van der Waals surface area contributed by atoms with Crippen LogP contribution in [0.2, 0.25) is 0 Å². The molecule has 0 heterocycles. The summed E-state index contributed by atoms with van der Waals surface area (Å²) in [6.07, 6.45) is 9.69. The Bertz CT molecular complexity index is 285. The normalized spacial score (nSPS) is 34.8. The molecule has 2 atom stereocenters. The third-order valence-corrected chi connectivity index (χ3v) is 4.17. The maximum atomic E-state index is 10.9. The summed E-state index contributed by atoms with van der Waals surface area (Å²) in [5.41, 5.74) is -0.0268. The van der Waals surface area contributed by atoms with Gasteiger partial charge in [-0.2, -0.15) is 0 Å². The molecule has 2 aliphatic rings. The van der Waals surface area contributed by atoms with E-state index in [4.69, 9.17) is 5.11 Å². The summed E-state index contributed by atoms with van der Waals surface area (Å²) in [5, 5.41) is 9.02. The second-order valence-electron chi connectivity index (χ2n) is 5.59. The fourth-order valence-corrected chi connectivity index (χ4v) is 2.94. The smallest absolute Gasteiger partial charge is 0.307 e. The molecule has 2 aliphatic carbocycles. The molecule has 0 spiro atoms. The lowest BCUT2D eigenvalue weighted by Gasteiger charge is -2.00. The molecule has 0 saturated heterocycles. The summed E-state index contributed by atoms with van der Waals surface area (Å²) < 4.78 is 0. The molecule has 84 valence electrons. The Kier molecular flexibility index (Phi) is 2.61. The standard InChI is InChI=1S/C13H20O2/c1-13(2)10(11(13)12(14)15)8-7-9-5-3-4-6-9/h7-11H,3-6H2,1-2H3,(H,14,15)/b8-7+. The molecule has 0 aromatic rings. The summed E-state index contributed by atoms with van der Waals surface area (Å²) in [4.78, 5) is 10.9. The van der Waals surface area contributed by atoms with Gasteiger partial charge in [-0.1, -0.05) is 38.8 Å². The minimum absolute atomic E-state index is 0.0268. The van der Waals surface area contributed by atoms with E-state index in [-0.39, 0.29) is 17.3 Å². The van der Waals surface area contributed by atoms with E-state index in [2.05, 4.69) is 26.0 Å². The van der Waals surface area contributed by atoms with Crippen molar-refractivity contribution in [2.75, 3.05) is 0 Å². The fraction of sp³-hybridized carbons (Fsp3) is 0.769. The van der Waals surface area contributed by atoms with Gasteiger partial charge in [0, 0.05) is 0 Å². The first-order valence-corrected chi connectivity index (χ1v) is 5.94. The molecule has 0 aliphatic heterocycles. The van der Waals surface area contributed by atoms with Crippen LogP contribution in [0.1, 0.15) is 39.5 Å². The predicted octanol–water partition coefficient (Wildman–Crippen LogP) is 3.09. The first-order valence-electron chi connectivity index (χ1n) is 5.94. The Morgan fingerprint density at radius 2 is 1.87 bits per heavy atom. The average Bonchev–Trinajstić information content (AvgIpc) is 2.55. The van der Waals surface area contributed by atoms with Crippen LogP contribution < -0.4 is 0 Å². The van der Waals surface area contributed by atoms with Gasteiger partial charge in [-0.3, -0.25) is 4.79 Å². The fourth-order valence-electron chi connectivity index (χ4n) is 2.94. The van der Waals surface area contributed by atoms with E-state index in [1.54, 1.807) is 0 Å². The van der Waals surface area contributed by atoms with Gasteiger partial charge in [0.15, 0.2) is 0 Å². The van der Waals surface area contributed by atoms with Crippen molar-refractivity contribution in [3.8, 4) is 0 Å². The predicted molar refractivity (Wildman–Crippen MR) is 59.5 cm³/mol. The number of hydrogen-bond acceptors (Lipinski definition) is 1. The van der Waals surface area contributed by atoms with Crippen molar-refractivity contribution in [2.24, 2.45) is 23.2 Å². The van der Waals surface area contributed by atoms with E-state index in [0.29, 0.717) is 0 Å². The Morgan fingerprint density at radius 1 is 1.27 bits per heavy atom. The lowest BCUT2D eigenvalue weighted by atomic mass is 10.0. The van der Waals surface area contributed by atoms with Crippen LogP contribution >= 0.6 is 0 Å². The van der Waals surface area contributed by atoms with Crippen LogP contribution in [0.25, 0.3) is 0 Å². The molecule has 2 saturated carbocycles. The Hall–Kier alpha value is -0.790. The van der Waals surface area contributed by atoms with Gasteiger partial charge >= 0.3 is 5.97 Å². The van der Waals surface area contributed by atoms with E-state index in [1.807, 2.05) is 0 Å². The largest absolute Gasteiger partial charge is 0.481 e. The van der Waals surface area contributed by atoms with Gasteiger partial charge in [-0.25, -0.2) is 0 Å². The number of carboxylic acids is 1. The number of rotatable bonds is 3. The highest BCUT2D eigenvalue weighted by Crippen LogP contribution is 2.59. The van der Waals surface area contributed by atoms with E-state index < -0.39 is 5.97 Å². The summed E-state index contributed by atoms with van der Waals surface area (Å²) in [5.74, 6) is 0.183. The number of carboxylic acid groups (broad SMARTS) is 1. The number of aliphatic carboxylic acids is 1. The van der Waals surface area contributed by atoms with Crippen LogP contribution in [0.15, 0.2) is 12.2 Å². The minimum Gasteiger partial charge on any atom is -0.481 e. The maximum absolute atomic E-state index is 10.9. The van der Waals surface area contributed by atoms with Crippen molar-refractivity contribution in [2.45, 2.75) is 39.5 Å². The Balaban J connectivity index is 1.93. The van der Waals surface area contributed by atoms with E-state index in [9.17, 15) is 4.79 Å². The molecule has 15 heavy (non-hydrogen) atoms. The van der Waals surface area contributed by atoms with E-state index in [1.165, 1.54) is 25.7 Å². The molecule has 0 aromatic heterocycles. The van der Waals surface area contributed by atoms with Crippen LogP contribution in [-0.4, -0.2) is 11.1 Å². The highest BCUT2D eigenvalue weighted by atomic mass is 16.4. The number of hydrogen-bond donors (Lipinski definition) is 1. The summed E-state index contributed by atoms with van der Waals surface area (Å²) in [6.45, 7) is 4.10. The molecule has 2 nitrogen and oxygen atoms in total. The van der Waals surface area contributed by atoms with Crippen molar-refractivity contribution in [1.82, 2.24) is 0 Å². The average molecular weight is 208 g/mol. The van der Waals surface area contributed by atoms with Gasteiger partial charge in [0.25, 0.3) is 0 Å². The van der Waals surface area contributed by atoms with Crippen molar-refractivity contribution < 1.29 is 9.90 Å². The monoisotopic (exact) mass is 208 g/mol. The zero-order valence-corrected chi connectivity index (χ0v) is 9.57. The van der Waals surface area contributed by atoms with Crippen LogP contribution in [-0.2, 0) is 4.79 Å². The molecule has 2 unspecified atom stereocenters. The molecule has 1 N–H and O–H groups in total. The SMILES string of the molecule is CC1(C)C(/C=C/C2CCCC2)C1C(=O)O. The van der Waals surface area contributed by atoms with Crippen LogP contribution in [0, 0.1) is 23.2 Å². The minimum atomic E-state index is -0.638. The zero-order valence-electron chi connectivity index (χ0n) is 9.57. The van der Waals surface area contributed by atoms with Gasteiger partial charge in [0.2, 0.25) is 0 Å². The van der Waals surface area contributed by atoms with Gasteiger partial charge < -0.3 is 5.11 Å². The molecule has 2 rings (SSSR count). The van der Waals surface area contributed by atoms with Crippen molar-refractivity contribution in [1.29, 1.82) is 0 Å². The molecule has 0 radical (unpaired) electrons. The molecule has 2 fully saturated rings. The van der Waals surface area contributed by atoms with Crippen molar-refractivity contribution in [3.63, 3.8) is 0 Å². The molecular weight excluding hydrogens is 188 g/mol. The lowest BCUT2D eigenvalue weighted by Crippen LogP contribution is -2.03. The third-order valence-electron chi connectivity index (χ3n) is 4.17. The molecular formula is C13H20O2. The van der Waals surface area contributed by atoms with E-state index in [0.717, 1.165) is 5.92 Å². The Labute approximate surface area is 91.4 Å². The Morgan fingerprint density at radius 3 is 2.33 bits per heavy atom.